The Balaban J connectivity index is 1.57. The van der Waals surface area contributed by atoms with Gasteiger partial charge in [0.1, 0.15) is 0 Å². The van der Waals surface area contributed by atoms with Crippen molar-refractivity contribution >= 4 is 0 Å². The fourth-order valence-corrected chi connectivity index (χ4v) is 4.09. The summed E-state index contributed by atoms with van der Waals surface area (Å²) in [6.07, 6.45) is 6.59. The lowest BCUT2D eigenvalue weighted by atomic mass is 10.1. The number of methoxy groups -OCH3 is 1. The second-order valence-electron chi connectivity index (χ2n) is 7.62. The largest absolute Gasteiger partial charge is 0.493 e. The van der Waals surface area contributed by atoms with Crippen LogP contribution in [0, 0.1) is 5.92 Å². The molecule has 1 aliphatic carbocycles. The highest BCUT2D eigenvalue weighted by Gasteiger charge is 2.21. The Labute approximate surface area is 146 Å². The van der Waals surface area contributed by atoms with Crippen LogP contribution in [0.3, 0.4) is 0 Å². The van der Waals surface area contributed by atoms with E-state index in [0.717, 1.165) is 30.5 Å². The number of ether oxygens (including phenoxy) is 2. The molecule has 134 valence electrons. The normalized spacial score (nSPS) is 22.4. The molecular weight excluding hydrogens is 300 g/mol. The second-order valence-corrected chi connectivity index (χ2v) is 7.62. The first-order chi connectivity index (χ1) is 11.6. The van der Waals surface area contributed by atoms with E-state index in [4.69, 9.17) is 9.47 Å². The summed E-state index contributed by atoms with van der Waals surface area (Å²) in [5.74, 6) is 2.56. The van der Waals surface area contributed by atoms with Crippen molar-refractivity contribution in [3.8, 4) is 11.5 Å². The summed E-state index contributed by atoms with van der Waals surface area (Å²) in [5, 5.41) is 0. The number of rotatable bonds is 7. The van der Waals surface area contributed by atoms with E-state index >= 15 is 0 Å². The van der Waals surface area contributed by atoms with Crippen molar-refractivity contribution < 1.29 is 9.47 Å². The predicted octanol–water partition coefficient (Wildman–Crippen LogP) is 3.40. The number of hydrogen-bond donors (Lipinski definition) is 0. The zero-order valence-electron chi connectivity index (χ0n) is 15.5. The van der Waals surface area contributed by atoms with Gasteiger partial charge in [-0.2, -0.15) is 0 Å². The van der Waals surface area contributed by atoms with Crippen LogP contribution in [-0.4, -0.2) is 56.7 Å². The Bertz CT molecular complexity index is 528. The third-order valence-corrected chi connectivity index (χ3v) is 5.34. The fourth-order valence-electron chi connectivity index (χ4n) is 4.09. The Morgan fingerprint density at radius 1 is 1.17 bits per heavy atom. The highest BCUT2D eigenvalue weighted by molar-refractivity contribution is 5.43. The Hall–Kier alpha value is -1.26. The second kappa shape index (κ2) is 8.21. The summed E-state index contributed by atoms with van der Waals surface area (Å²) in [4.78, 5) is 4.85. The summed E-state index contributed by atoms with van der Waals surface area (Å²) < 4.78 is 11.7. The van der Waals surface area contributed by atoms with Crippen LogP contribution in [-0.2, 0) is 6.54 Å². The minimum Gasteiger partial charge on any atom is -0.493 e. The number of benzene rings is 1. The van der Waals surface area contributed by atoms with Crippen LogP contribution in [0.2, 0.25) is 0 Å². The third-order valence-electron chi connectivity index (χ3n) is 5.34. The van der Waals surface area contributed by atoms with Crippen molar-refractivity contribution in [3.05, 3.63) is 23.8 Å². The average Bonchev–Trinajstić information content (AvgIpc) is 3.20. The SMILES string of the molecule is COc1cc(CN(C)CC2CCN(C)C2)ccc1OC1CCCC1. The summed E-state index contributed by atoms with van der Waals surface area (Å²) in [6.45, 7) is 4.58. The zero-order valence-corrected chi connectivity index (χ0v) is 15.5. The Morgan fingerprint density at radius 2 is 1.96 bits per heavy atom. The Morgan fingerprint density at radius 3 is 2.62 bits per heavy atom. The van der Waals surface area contributed by atoms with Crippen molar-refractivity contribution in [2.45, 2.75) is 44.8 Å². The van der Waals surface area contributed by atoms with Crippen LogP contribution >= 0.6 is 0 Å². The topological polar surface area (TPSA) is 24.9 Å². The quantitative estimate of drug-likeness (QED) is 0.764. The van der Waals surface area contributed by atoms with E-state index in [1.54, 1.807) is 7.11 Å². The van der Waals surface area contributed by atoms with Gasteiger partial charge in [0.2, 0.25) is 0 Å². The van der Waals surface area contributed by atoms with Gasteiger partial charge in [0.25, 0.3) is 0 Å². The molecule has 1 saturated heterocycles. The van der Waals surface area contributed by atoms with Crippen molar-refractivity contribution in [2.75, 3.05) is 40.8 Å². The van der Waals surface area contributed by atoms with Crippen LogP contribution in [0.1, 0.15) is 37.7 Å². The van der Waals surface area contributed by atoms with Gasteiger partial charge < -0.3 is 19.3 Å². The lowest BCUT2D eigenvalue weighted by Gasteiger charge is -2.22. The van der Waals surface area contributed by atoms with Gasteiger partial charge in [-0.15, -0.1) is 0 Å². The molecule has 2 aliphatic rings. The van der Waals surface area contributed by atoms with Gasteiger partial charge in [-0.25, -0.2) is 0 Å². The maximum absolute atomic E-state index is 6.13. The highest BCUT2D eigenvalue weighted by Crippen LogP contribution is 2.32. The van der Waals surface area contributed by atoms with Gasteiger partial charge in [0.15, 0.2) is 11.5 Å². The summed E-state index contributed by atoms with van der Waals surface area (Å²) in [6, 6.07) is 6.41. The lowest BCUT2D eigenvalue weighted by Crippen LogP contribution is -2.27. The highest BCUT2D eigenvalue weighted by atomic mass is 16.5. The maximum Gasteiger partial charge on any atom is 0.161 e. The summed E-state index contributed by atoms with van der Waals surface area (Å²) >= 11 is 0. The van der Waals surface area contributed by atoms with Crippen molar-refractivity contribution in [3.63, 3.8) is 0 Å². The van der Waals surface area contributed by atoms with Gasteiger partial charge in [-0.1, -0.05) is 6.07 Å². The maximum atomic E-state index is 6.13. The van der Waals surface area contributed by atoms with Crippen molar-refractivity contribution in [1.82, 2.24) is 9.80 Å². The molecule has 3 rings (SSSR count). The lowest BCUT2D eigenvalue weighted by molar-refractivity contribution is 0.200. The van der Waals surface area contributed by atoms with Gasteiger partial charge in [-0.05, 0) is 76.4 Å². The molecule has 4 heteroatoms. The molecule has 0 aromatic heterocycles. The molecule has 1 atom stereocenters. The van der Waals surface area contributed by atoms with Crippen LogP contribution in [0.4, 0.5) is 0 Å². The first kappa shape index (κ1) is 17.6. The van der Waals surface area contributed by atoms with Gasteiger partial charge in [-0.3, -0.25) is 0 Å². The minimum atomic E-state index is 0.367. The average molecular weight is 332 g/mol. The molecular formula is C20H32N2O2. The molecule has 1 heterocycles. The number of nitrogens with zero attached hydrogens (tertiary/aromatic N) is 2. The van der Waals surface area contributed by atoms with E-state index in [2.05, 4.69) is 42.1 Å². The number of hydrogen-bond acceptors (Lipinski definition) is 4. The molecule has 1 aromatic rings. The van der Waals surface area contributed by atoms with Crippen LogP contribution in [0.25, 0.3) is 0 Å². The van der Waals surface area contributed by atoms with Gasteiger partial charge >= 0.3 is 0 Å². The van der Waals surface area contributed by atoms with Crippen molar-refractivity contribution in [1.29, 1.82) is 0 Å². The smallest absolute Gasteiger partial charge is 0.161 e. The minimum absolute atomic E-state index is 0.367. The molecule has 0 radical (unpaired) electrons. The van der Waals surface area contributed by atoms with E-state index in [-0.39, 0.29) is 0 Å². The van der Waals surface area contributed by atoms with Crippen LogP contribution < -0.4 is 9.47 Å². The van der Waals surface area contributed by atoms with E-state index in [1.165, 1.54) is 50.8 Å². The van der Waals surface area contributed by atoms with Crippen molar-refractivity contribution in [2.24, 2.45) is 5.92 Å². The molecule has 1 unspecified atom stereocenters. The fraction of sp³-hybridized carbons (Fsp3) is 0.700. The van der Waals surface area contributed by atoms with E-state index < -0.39 is 0 Å². The summed E-state index contributed by atoms with van der Waals surface area (Å²) in [5.41, 5.74) is 1.29. The van der Waals surface area contributed by atoms with Crippen LogP contribution in [0.15, 0.2) is 18.2 Å². The number of likely N-dealkylation sites (tertiary alicyclic amines) is 1. The van der Waals surface area contributed by atoms with Crippen LogP contribution in [0.5, 0.6) is 11.5 Å². The molecule has 0 spiro atoms. The predicted molar refractivity (Wildman–Crippen MR) is 97.8 cm³/mol. The summed E-state index contributed by atoms with van der Waals surface area (Å²) in [7, 11) is 6.17. The van der Waals surface area contributed by atoms with Gasteiger partial charge in [0, 0.05) is 19.6 Å². The van der Waals surface area contributed by atoms with E-state index in [9.17, 15) is 0 Å². The molecule has 4 nitrogen and oxygen atoms in total. The standard InChI is InChI=1S/C20H32N2O2/c1-21-11-10-17(14-21)15-22(2)13-16-8-9-19(20(12-16)23-3)24-18-6-4-5-7-18/h8-9,12,17-18H,4-7,10-11,13-15H2,1-3H3. The molecule has 1 aliphatic heterocycles. The molecule has 0 amide bonds. The molecule has 0 N–H and O–H groups in total. The molecule has 2 fully saturated rings. The van der Waals surface area contributed by atoms with Gasteiger partial charge in [0.05, 0.1) is 13.2 Å². The molecule has 24 heavy (non-hydrogen) atoms. The zero-order chi connectivity index (χ0) is 16.9. The molecule has 1 aromatic carbocycles. The Kier molecular flexibility index (Phi) is 6.01. The van der Waals surface area contributed by atoms with E-state index in [0.29, 0.717) is 6.10 Å². The molecule has 1 saturated carbocycles. The monoisotopic (exact) mass is 332 g/mol. The first-order valence-corrected chi connectivity index (χ1v) is 9.34. The first-order valence-electron chi connectivity index (χ1n) is 9.34. The molecule has 0 bridgehead atoms. The van der Waals surface area contributed by atoms with E-state index in [1.807, 2.05) is 0 Å². The third kappa shape index (κ3) is 4.64.